The van der Waals surface area contributed by atoms with Crippen molar-refractivity contribution in [2.45, 2.75) is 0 Å². The van der Waals surface area contributed by atoms with E-state index in [-0.39, 0.29) is 0 Å². The molecule has 0 unspecified atom stereocenters. The van der Waals surface area contributed by atoms with Gasteiger partial charge in [-0.2, -0.15) is 0 Å². The zero-order valence-electron chi connectivity index (χ0n) is 23.9. The fraction of sp³-hybridized carbons (Fsp3) is 0. The summed E-state index contributed by atoms with van der Waals surface area (Å²) in [7, 11) is 0. The maximum absolute atomic E-state index is 5.07. The molecule has 44 heavy (non-hydrogen) atoms. The number of benzene rings is 7. The van der Waals surface area contributed by atoms with Gasteiger partial charge in [-0.25, -0.2) is 0 Å². The van der Waals surface area contributed by atoms with Gasteiger partial charge < -0.3 is 0 Å². The average molecular weight is 559 g/mol. The van der Waals surface area contributed by atoms with Crippen molar-refractivity contribution >= 4 is 54.0 Å². The van der Waals surface area contributed by atoms with Gasteiger partial charge in [0, 0.05) is 34.5 Å². The highest BCUT2D eigenvalue weighted by Crippen LogP contribution is 2.46. The molecule has 0 bridgehead atoms. The van der Waals surface area contributed by atoms with Crippen LogP contribution in [0.4, 0.5) is 0 Å². The predicted octanol–water partition coefficient (Wildman–Crippen LogP) is 11.2. The Morgan fingerprint density at radius 1 is 0.341 bits per heavy atom. The first-order valence-electron chi connectivity index (χ1n) is 15.0. The van der Waals surface area contributed by atoms with Gasteiger partial charge in [0.05, 0.1) is 11.2 Å². The van der Waals surface area contributed by atoms with Crippen LogP contribution in [0, 0.1) is 0 Å². The Hall–Kier alpha value is -5.86. The van der Waals surface area contributed by atoms with E-state index in [9.17, 15) is 0 Å². The number of nitrogens with zero attached hydrogens (tertiary/aromatic N) is 2. The normalized spacial score (nSPS) is 11.6. The van der Waals surface area contributed by atoms with Crippen LogP contribution in [0.1, 0.15) is 0 Å². The van der Waals surface area contributed by atoms with E-state index in [0.717, 1.165) is 33.3 Å². The molecule has 0 amide bonds. The van der Waals surface area contributed by atoms with E-state index in [4.69, 9.17) is 4.98 Å². The lowest BCUT2D eigenvalue weighted by atomic mass is 9.84. The molecule has 0 aliphatic rings. The Balaban J connectivity index is 1.30. The fourth-order valence-corrected chi connectivity index (χ4v) is 6.90. The monoisotopic (exact) mass is 558 g/mol. The van der Waals surface area contributed by atoms with Crippen molar-refractivity contribution in [3.05, 3.63) is 158 Å². The molecule has 2 nitrogen and oxygen atoms in total. The molecule has 7 aromatic carbocycles. The van der Waals surface area contributed by atoms with Gasteiger partial charge in [0.15, 0.2) is 0 Å². The molecule has 0 aliphatic heterocycles. The van der Waals surface area contributed by atoms with Crippen LogP contribution in [0.25, 0.3) is 87.5 Å². The second-order valence-electron chi connectivity index (χ2n) is 11.4. The number of aromatic nitrogens is 2. The van der Waals surface area contributed by atoms with Gasteiger partial charge in [-0.1, -0.05) is 121 Å². The third-order valence-corrected chi connectivity index (χ3v) is 8.91. The lowest BCUT2D eigenvalue weighted by Crippen LogP contribution is -1.93. The van der Waals surface area contributed by atoms with E-state index in [2.05, 4.69) is 138 Å². The van der Waals surface area contributed by atoms with E-state index in [1.807, 2.05) is 24.5 Å². The summed E-state index contributed by atoms with van der Waals surface area (Å²) < 4.78 is 0. The summed E-state index contributed by atoms with van der Waals surface area (Å²) in [6.07, 6.45) is 3.92. The molecular formula is C42H26N2. The SMILES string of the molecule is c1ccc2ncc(-c3ccc(-c4c5ccccc5c(-c5cc6ccccc6c6ccccc56)c5ccccc45)nc3)cc2c1. The number of hydrogen-bond donors (Lipinski definition) is 0. The predicted molar refractivity (Wildman–Crippen MR) is 186 cm³/mol. The average Bonchev–Trinajstić information content (AvgIpc) is 3.10. The Morgan fingerprint density at radius 3 is 1.57 bits per heavy atom. The topological polar surface area (TPSA) is 25.8 Å². The molecule has 0 fully saturated rings. The van der Waals surface area contributed by atoms with Crippen molar-refractivity contribution in [1.82, 2.24) is 9.97 Å². The Kier molecular flexibility index (Phi) is 5.54. The third kappa shape index (κ3) is 3.82. The van der Waals surface area contributed by atoms with E-state index in [1.54, 1.807) is 0 Å². The number of rotatable bonds is 3. The minimum absolute atomic E-state index is 0.963. The molecule has 9 rings (SSSR count). The highest BCUT2D eigenvalue weighted by Gasteiger charge is 2.19. The zero-order chi connectivity index (χ0) is 29.0. The van der Waals surface area contributed by atoms with Crippen molar-refractivity contribution < 1.29 is 0 Å². The quantitative estimate of drug-likeness (QED) is 0.159. The van der Waals surface area contributed by atoms with Gasteiger partial charge >= 0.3 is 0 Å². The van der Waals surface area contributed by atoms with E-state index in [1.165, 1.54) is 54.2 Å². The maximum Gasteiger partial charge on any atom is 0.0714 e. The van der Waals surface area contributed by atoms with Crippen LogP contribution in [0.2, 0.25) is 0 Å². The van der Waals surface area contributed by atoms with Crippen LogP contribution >= 0.6 is 0 Å². The Bertz CT molecular complexity index is 2490. The molecule has 2 aromatic heterocycles. The van der Waals surface area contributed by atoms with Crippen LogP contribution in [-0.4, -0.2) is 9.97 Å². The van der Waals surface area contributed by atoms with Crippen LogP contribution < -0.4 is 0 Å². The minimum atomic E-state index is 0.963. The number of hydrogen-bond acceptors (Lipinski definition) is 2. The summed E-state index contributed by atoms with van der Waals surface area (Å²) in [5.74, 6) is 0. The molecule has 0 aliphatic carbocycles. The van der Waals surface area contributed by atoms with Crippen molar-refractivity contribution in [3.8, 4) is 33.5 Å². The molecule has 9 aromatic rings. The molecule has 204 valence electrons. The molecule has 0 atom stereocenters. The third-order valence-electron chi connectivity index (χ3n) is 8.91. The molecule has 2 heteroatoms. The van der Waals surface area contributed by atoms with E-state index < -0.39 is 0 Å². The van der Waals surface area contributed by atoms with Crippen LogP contribution in [0.3, 0.4) is 0 Å². The molecular weight excluding hydrogens is 532 g/mol. The summed E-state index contributed by atoms with van der Waals surface area (Å²) in [6.45, 7) is 0. The van der Waals surface area contributed by atoms with Gasteiger partial charge in [-0.05, 0) is 78.5 Å². The summed E-state index contributed by atoms with van der Waals surface area (Å²) >= 11 is 0. The van der Waals surface area contributed by atoms with Gasteiger partial charge in [-0.3, -0.25) is 9.97 Å². The summed E-state index contributed by atoms with van der Waals surface area (Å²) in [5, 5.41) is 11.1. The Labute approximate surface area is 254 Å². The fourth-order valence-electron chi connectivity index (χ4n) is 6.90. The van der Waals surface area contributed by atoms with Crippen LogP contribution in [0.15, 0.2) is 158 Å². The molecule has 0 saturated carbocycles. The van der Waals surface area contributed by atoms with E-state index >= 15 is 0 Å². The first-order chi connectivity index (χ1) is 21.8. The summed E-state index contributed by atoms with van der Waals surface area (Å²) in [5.41, 5.74) is 7.76. The lowest BCUT2D eigenvalue weighted by Gasteiger charge is -2.19. The van der Waals surface area contributed by atoms with Gasteiger partial charge in [0.25, 0.3) is 0 Å². The van der Waals surface area contributed by atoms with Crippen molar-refractivity contribution in [2.75, 3.05) is 0 Å². The summed E-state index contributed by atoms with van der Waals surface area (Å²) in [6, 6.07) is 52.2. The second kappa shape index (κ2) is 9.86. The van der Waals surface area contributed by atoms with Crippen molar-refractivity contribution in [1.29, 1.82) is 0 Å². The van der Waals surface area contributed by atoms with Crippen LogP contribution in [0.5, 0.6) is 0 Å². The standard InChI is InChI=1S/C42H26N2/c1-3-13-31-27(11-1)24-38(33-15-5-4-14-32(31)33)41-34-16-6-8-18-36(34)42(37-19-9-7-17-35(37)41)40-22-21-29(25-44-40)30-23-28-12-2-10-20-39(28)43-26-30/h1-26H. The smallest absolute Gasteiger partial charge is 0.0714 e. The van der Waals surface area contributed by atoms with Crippen LogP contribution in [-0.2, 0) is 0 Å². The Morgan fingerprint density at radius 2 is 0.886 bits per heavy atom. The summed E-state index contributed by atoms with van der Waals surface area (Å²) in [4.78, 5) is 9.74. The highest BCUT2D eigenvalue weighted by molar-refractivity contribution is 6.25. The van der Waals surface area contributed by atoms with Gasteiger partial charge in [-0.15, -0.1) is 0 Å². The van der Waals surface area contributed by atoms with E-state index in [0.29, 0.717) is 0 Å². The first kappa shape index (κ1) is 24.7. The van der Waals surface area contributed by atoms with Gasteiger partial charge in [0.2, 0.25) is 0 Å². The second-order valence-corrected chi connectivity index (χ2v) is 11.4. The lowest BCUT2D eigenvalue weighted by molar-refractivity contribution is 1.33. The molecule has 0 radical (unpaired) electrons. The van der Waals surface area contributed by atoms with Gasteiger partial charge in [0.1, 0.15) is 0 Å². The number of pyridine rings is 2. The van der Waals surface area contributed by atoms with Crippen molar-refractivity contribution in [3.63, 3.8) is 0 Å². The molecule has 0 N–H and O–H groups in total. The number of para-hydroxylation sites is 1. The molecule has 0 spiro atoms. The molecule has 0 saturated heterocycles. The largest absolute Gasteiger partial charge is 0.256 e. The zero-order valence-corrected chi connectivity index (χ0v) is 23.9. The highest BCUT2D eigenvalue weighted by atomic mass is 14.7. The van der Waals surface area contributed by atoms with Crippen molar-refractivity contribution in [2.24, 2.45) is 0 Å². The number of fused-ring (bicyclic) bond motifs is 6. The maximum atomic E-state index is 5.07. The minimum Gasteiger partial charge on any atom is -0.256 e. The molecule has 2 heterocycles. The first-order valence-corrected chi connectivity index (χ1v) is 15.0.